The van der Waals surface area contributed by atoms with Crippen molar-refractivity contribution in [2.24, 2.45) is 11.8 Å². The normalized spacial score (nSPS) is 31.4. The van der Waals surface area contributed by atoms with Gasteiger partial charge in [-0.1, -0.05) is 26.2 Å². The largest absolute Gasteiger partial charge is 0.388 e. The summed E-state index contributed by atoms with van der Waals surface area (Å²) in [5, 5.41) is 10.2. The summed E-state index contributed by atoms with van der Waals surface area (Å²) < 4.78 is 0. The summed E-state index contributed by atoms with van der Waals surface area (Å²) in [6, 6.07) is 0. The molecule has 4 heteroatoms. The van der Waals surface area contributed by atoms with E-state index < -0.39 is 5.60 Å². The molecule has 0 spiro atoms. The number of carbonyl (C=O) groups excluding carboxylic acids is 2. The highest BCUT2D eigenvalue weighted by atomic mass is 16.3. The average molecular weight is 253 g/mol. The van der Waals surface area contributed by atoms with Crippen LogP contribution in [0.1, 0.15) is 52.4 Å². The van der Waals surface area contributed by atoms with Gasteiger partial charge in [0.1, 0.15) is 0 Å². The number of nitrogens with zero attached hydrogens (tertiary/aromatic N) is 1. The molecule has 1 N–H and O–H groups in total. The highest BCUT2D eigenvalue weighted by Crippen LogP contribution is 2.38. The Kier molecular flexibility index (Phi) is 3.76. The van der Waals surface area contributed by atoms with Crippen LogP contribution in [-0.4, -0.2) is 34.0 Å². The van der Waals surface area contributed by atoms with Gasteiger partial charge in [0, 0.05) is 0 Å². The molecular weight excluding hydrogens is 230 g/mol. The van der Waals surface area contributed by atoms with Crippen LogP contribution in [0.5, 0.6) is 0 Å². The van der Waals surface area contributed by atoms with Crippen LogP contribution in [0.25, 0.3) is 0 Å². The van der Waals surface area contributed by atoms with Gasteiger partial charge >= 0.3 is 0 Å². The van der Waals surface area contributed by atoms with E-state index in [0.717, 1.165) is 32.1 Å². The zero-order valence-corrected chi connectivity index (χ0v) is 11.3. The van der Waals surface area contributed by atoms with Crippen molar-refractivity contribution in [3.8, 4) is 0 Å². The summed E-state index contributed by atoms with van der Waals surface area (Å²) in [6.07, 6.45) is 5.21. The molecule has 1 heterocycles. The third-order valence-corrected chi connectivity index (χ3v) is 4.22. The average Bonchev–Trinajstić information content (AvgIpc) is 2.55. The Morgan fingerprint density at radius 1 is 1.22 bits per heavy atom. The second-order valence-corrected chi connectivity index (χ2v) is 6.01. The first kappa shape index (κ1) is 13.5. The lowest BCUT2D eigenvalue weighted by Gasteiger charge is -2.27. The van der Waals surface area contributed by atoms with Crippen LogP contribution in [0.15, 0.2) is 0 Å². The molecule has 1 saturated carbocycles. The minimum Gasteiger partial charge on any atom is -0.388 e. The van der Waals surface area contributed by atoms with Crippen LogP contribution in [0, 0.1) is 11.8 Å². The number of carbonyl (C=O) groups is 2. The smallest absolute Gasteiger partial charge is 0.233 e. The lowest BCUT2D eigenvalue weighted by Crippen LogP contribution is -2.44. The molecule has 0 aromatic carbocycles. The van der Waals surface area contributed by atoms with E-state index >= 15 is 0 Å². The van der Waals surface area contributed by atoms with Gasteiger partial charge in [-0.3, -0.25) is 14.5 Å². The number of fused-ring (bicyclic) bond motifs is 1. The molecule has 2 aliphatic rings. The first-order valence-electron chi connectivity index (χ1n) is 7.04. The standard InChI is InChI=1S/C14H23NO3/c1-3-8-14(2,18)9-15-12(16)10-6-4-5-7-11(10)13(15)17/h10-11,18H,3-9H2,1-2H3. The number of hydrogen-bond acceptors (Lipinski definition) is 3. The Labute approximate surface area is 108 Å². The second kappa shape index (κ2) is 5.00. The predicted octanol–water partition coefficient (Wildman–Crippen LogP) is 1.71. The molecule has 2 fully saturated rings. The van der Waals surface area contributed by atoms with Crippen molar-refractivity contribution in [1.29, 1.82) is 0 Å². The molecular formula is C14H23NO3. The van der Waals surface area contributed by atoms with E-state index in [4.69, 9.17) is 0 Å². The van der Waals surface area contributed by atoms with E-state index in [1.54, 1.807) is 6.92 Å². The van der Waals surface area contributed by atoms with Gasteiger partial charge in [-0.05, 0) is 26.2 Å². The Morgan fingerprint density at radius 3 is 2.17 bits per heavy atom. The summed E-state index contributed by atoms with van der Waals surface area (Å²) in [5.74, 6) is -0.325. The van der Waals surface area contributed by atoms with E-state index in [0.29, 0.717) is 6.42 Å². The Hall–Kier alpha value is -0.900. The number of β-amino-alcohol motifs (C(OH)–C–C–N with tert-alkyl or cyclic N) is 1. The molecule has 2 rings (SSSR count). The highest BCUT2D eigenvalue weighted by Gasteiger charge is 2.49. The summed E-state index contributed by atoms with van der Waals surface area (Å²) in [6.45, 7) is 3.85. The fourth-order valence-corrected chi connectivity index (χ4v) is 3.35. The van der Waals surface area contributed by atoms with Gasteiger partial charge in [0.25, 0.3) is 0 Å². The van der Waals surface area contributed by atoms with Crippen molar-refractivity contribution in [1.82, 2.24) is 4.90 Å². The van der Waals surface area contributed by atoms with Crippen LogP contribution < -0.4 is 0 Å². The lowest BCUT2D eigenvalue weighted by atomic mass is 9.81. The summed E-state index contributed by atoms with van der Waals surface area (Å²) in [7, 11) is 0. The first-order valence-corrected chi connectivity index (χ1v) is 7.04. The van der Waals surface area contributed by atoms with Gasteiger partial charge < -0.3 is 5.11 Å². The number of aliphatic hydroxyl groups is 1. The second-order valence-electron chi connectivity index (χ2n) is 6.01. The van der Waals surface area contributed by atoms with Crippen LogP contribution in [0.4, 0.5) is 0 Å². The maximum absolute atomic E-state index is 12.2. The third kappa shape index (κ3) is 2.44. The van der Waals surface area contributed by atoms with Crippen molar-refractivity contribution in [3.05, 3.63) is 0 Å². The van der Waals surface area contributed by atoms with Crippen molar-refractivity contribution in [3.63, 3.8) is 0 Å². The van der Waals surface area contributed by atoms with Gasteiger partial charge in [0.05, 0.1) is 24.0 Å². The first-order chi connectivity index (χ1) is 8.46. The van der Waals surface area contributed by atoms with Crippen LogP contribution in [0.2, 0.25) is 0 Å². The number of amides is 2. The van der Waals surface area contributed by atoms with Crippen molar-refractivity contribution >= 4 is 11.8 Å². The molecule has 1 aliphatic heterocycles. The highest BCUT2D eigenvalue weighted by molar-refractivity contribution is 6.05. The molecule has 102 valence electrons. The molecule has 0 aromatic heterocycles. The summed E-state index contributed by atoms with van der Waals surface area (Å²) >= 11 is 0. The minimum atomic E-state index is -0.951. The predicted molar refractivity (Wildman–Crippen MR) is 67.7 cm³/mol. The maximum Gasteiger partial charge on any atom is 0.233 e. The molecule has 2 amide bonds. The zero-order valence-electron chi connectivity index (χ0n) is 11.3. The Balaban J connectivity index is 2.09. The molecule has 18 heavy (non-hydrogen) atoms. The van der Waals surface area contributed by atoms with E-state index in [2.05, 4.69) is 0 Å². The molecule has 0 radical (unpaired) electrons. The molecule has 1 aliphatic carbocycles. The fraction of sp³-hybridized carbons (Fsp3) is 0.857. The number of hydrogen-bond donors (Lipinski definition) is 1. The maximum atomic E-state index is 12.2. The van der Waals surface area contributed by atoms with E-state index in [1.807, 2.05) is 6.92 Å². The van der Waals surface area contributed by atoms with Gasteiger partial charge in [-0.15, -0.1) is 0 Å². The van der Waals surface area contributed by atoms with Gasteiger partial charge in [0.15, 0.2) is 0 Å². The number of rotatable bonds is 4. The van der Waals surface area contributed by atoms with Crippen molar-refractivity contribution in [2.45, 2.75) is 58.0 Å². The van der Waals surface area contributed by atoms with Crippen molar-refractivity contribution in [2.75, 3.05) is 6.54 Å². The third-order valence-electron chi connectivity index (χ3n) is 4.22. The fourth-order valence-electron chi connectivity index (χ4n) is 3.35. The summed E-state index contributed by atoms with van der Waals surface area (Å²) in [5.41, 5.74) is -0.951. The lowest BCUT2D eigenvalue weighted by molar-refractivity contribution is -0.143. The monoisotopic (exact) mass is 253 g/mol. The molecule has 0 aromatic rings. The number of likely N-dealkylation sites (tertiary alicyclic amines) is 1. The topological polar surface area (TPSA) is 57.6 Å². The minimum absolute atomic E-state index is 0.0546. The van der Waals surface area contributed by atoms with E-state index in [-0.39, 0.29) is 30.2 Å². The SMILES string of the molecule is CCCC(C)(O)CN1C(=O)C2CCCCC2C1=O. The molecule has 3 unspecified atom stereocenters. The van der Waals surface area contributed by atoms with Crippen LogP contribution in [0.3, 0.4) is 0 Å². The van der Waals surface area contributed by atoms with E-state index in [1.165, 1.54) is 4.90 Å². The Bertz CT molecular complexity index is 327. The molecule has 0 bridgehead atoms. The molecule has 3 atom stereocenters. The number of imide groups is 1. The zero-order chi connectivity index (χ0) is 13.3. The van der Waals surface area contributed by atoms with Crippen LogP contribution >= 0.6 is 0 Å². The van der Waals surface area contributed by atoms with E-state index in [9.17, 15) is 14.7 Å². The van der Waals surface area contributed by atoms with Gasteiger partial charge in [-0.25, -0.2) is 0 Å². The van der Waals surface area contributed by atoms with Gasteiger partial charge in [0.2, 0.25) is 11.8 Å². The van der Waals surface area contributed by atoms with Gasteiger partial charge in [-0.2, -0.15) is 0 Å². The molecule has 4 nitrogen and oxygen atoms in total. The van der Waals surface area contributed by atoms with Crippen LogP contribution in [-0.2, 0) is 9.59 Å². The molecule has 1 saturated heterocycles. The van der Waals surface area contributed by atoms with Crippen molar-refractivity contribution < 1.29 is 14.7 Å². The Morgan fingerprint density at radius 2 is 1.72 bits per heavy atom. The quantitative estimate of drug-likeness (QED) is 0.776. The summed E-state index contributed by atoms with van der Waals surface area (Å²) in [4.78, 5) is 25.8.